The Morgan fingerprint density at radius 1 is 1.73 bits per heavy atom. The molecule has 0 aromatic heterocycles. The van der Waals surface area contributed by atoms with Gasteiger partial charge in [0.25, 0.3) is 0 Å². The first kappa shape index (κ1) is 11.2. The Morgan fingerprint density at radius 3 is 2.64 bits per heavy atom. The molecule has 0 aromatic rings. The Labute approximate surface area is 83.7 Å². The molecule has 0 aromatic carbocycles. The molecule has 1 unspecified atom stereocenters. The van der Waals surface area contributed by atoms with Crippen molar-refractivity contribution in [3.05, 3.63) is 11.1 Å². The van der Waals surface area contributed by atoms with Crippen LogP contribution in [0.4, 0.5) is 0 Å². The van der Waals surface area contributed by atoms with E-state index in [1.165, 1.54) is 0 Å². The van der Waals surface area contributed by atoms with E-state index in [-0.39, 0.29) is 10.7 Å². The van der Waals surface area contributed by atoms with Crippen molar-refractivity contribution in [1.29, 1.82) is 0 Å². The van der Waals surface area contributed by atoms with Crippen molar-refractivity contribution in [1.82, 2.24) is 5.32 Å². The lowest BCUT2D eigenvalue weighted by Crippen LogP contribution is -2.31. The lowest BCUT2D eigenvalue weighted by atomic mass is 10.3. The van der Waals surface area contributed by atoms with E-state index in [0.717, 1.165) is 10.9 Å². The summed E-state index contributed by atoms with van der Waals surface area (Å²) in [5, 5.41) is 2.70. The molecule has 64 valence electrons. The fraction of sp³-hybridized carbons (Fsp3) is 0.571. The highest BCUT2D eigenvalue weighted by Gasteiger charge is 2.10. The number of nitrogens with one attached hydrogen (secondary N) is 1. The van der Waals surface area contributed by atoms with E-state index >= 15 is 0 Å². The maximum atomic E-state index is 11.1. The lowest BCUT2D eigenvalue weighted by molar-refractivity contribution is -0.120. The average molecular weight is 285 g/mol. The molecule has 0 heterocycles. The second-order valence-corrected chi connectivity index (χ2v) is 4.34. The first-order chi connectivity index (χ1) is 5.07. The average Bonchev–Trinajstić information content (AvgIpc) is 1.98. The SMILES string of the molecule is C=C(Br)CNC(=O)C(Br)CC. The van der Waals surface area contributed by atoms with Crippen LogP contribution in [0.5, 0.6) is 0 Å². The molecular weight excluding hydrogens is 274 g/mol. The molecule has 1 amide bonds. The summed E-state index contributed by atoms with van der Waals surface area (Å²) in [6.07, 6.45) is 0.792. The predicted molar refractivity (Wildman–Crippen MR) is 54.1 cm³/mol. The van der Waals surface area contributed by atoms with E-state index in [1.807, 2.05) is 6.92 Å². The molecule has 1 N–H and O–H groups in total. The molecule has 0 bridgehead atoms. The van der Waals surface area contributed by atoms with Gasteiger partial charge in [-0.05, 0) is 6.42 Å². The Morgan fingerprint density at radius 2 is 2.27 bits per heavy atom. The number of carbonyl (C=O) groups excluding carboxylic acids is 1. The van der Waals surface area contributed by atoms with Crippen LogP contribution in [0.2, 0.25) is 0 Å². The molecule has 2 nitrogen and oxygen atoms in total. The molecule has 0 saturated carbocycles. The summed E-state index contributed by atoms with van der Waals surface area (Å²) in [6, 6.07) is 0. The summed E-state index contributed by atoms with van der Waals surface area (Å²) in [7, 11) is 0. The molecule has 0 saturated heterocycles. The van der Waals surface area contributed by atoms with Crippen molar-refractivity contribution in [2.75, 3.05) is 6.54 Å². The molecule has 0 aliphatic rings. The number of hydrogen-bond acceptors (Lipinski definition) is 1. The van der Waals surface area contributed by atoms with Gasteiger partial charge in [0.05, 0.1) is 4.83 Å². The van der Waals surface area contributed by atoms with Crippen LogP contribution < -0.4 is 5.32 Å². The topological polar surface area (TPSA) is 29.1 Å². The zero-order valence-electron chi connectivity index (χ0n) is 6.36. The summed E-state index contributed by atoms with van der Waals surface area (Å²) in [5.74, 6) is 0.00750. The number of hydrogen-bond donors (Lipinski definition) is 1. The van der Waals surface area contributed by atoms with Gasteiger partial charge in [0.2, 0.25) is 5.91 Å². The molecule has 4 heteroatoms. The van der Waals surface area contributed by atoms with E-state index in [4.69, 9.17) is 0 Å². The number of alkyl halides is 1. The number of rotatable bonds is 4. The quantitative estimate of drug-likeness (QED) is 0.788. The minimum absolute atomic E-state index is 0.00750. The van der Waals surface area contributed by atoms with Crippen molar-refractivity contribution in [2.24, 2.45) is 0 Å². The smallest absolute Gasteiger partial charge is 0.234 e. The number of carbonyl (C=O) groups is 1. The molecule has 0 spiro atoms. The van der Waals surface area contributed by atoms with Gasteiger partial charge in [-0.2, -0.15) is 0 Å². The van der Waals surface area contributed by atoms with E-state index in [0.29, 0.717) is 6.54 Å². The van der Waals surface area contributed by atoms with Gasteiger partial charge in [-0.3, -0.25) is 4.79 Å². The fourth-order valence-corrected chi connectivity index (χ4v) is 0.781. The van der Waals surface area contributed by atoms with Crippen molar-refractivity contribution < 1.29 is 4.79 Å². The number of amides is 1. The normalized spacial score (nSPS) is 12.3. The van der Waals surface area contributed by atoms with Gasteiger partial charge in [-0.15, -0.1) is 0 Å². The van der Waals surface area contributed by atoms with Crippen LogP contribution >= 0.6 is 31.9 Å². The summed E-state index contributed by atoms with van der Waals surface area (Å²) < 4.78 is 0.779. The van der Waals surface area contributed by atoms with Gasteiger partial charge in [0.1, 0.15) is 0 Å². The largest absolute Gasteiger partial charge is 0.351 e. The molecule has 0 rings (SSSR count). The Balaban J connectivity index is 3.60. The van der Waals surface area contributed by atoms with Gasteiger partial charge in [-0.25, -0.2) is 0 Å². The Hall–Kier alpha value is 0.170. The number of halogens is 2. The second kappa shape index (κ2) is 5.77. The van der Waals surface area contributed by atoms with E-state index < -0.39 is 0 Å². The molecule has 0 aliphatic carbocycles. The van der Waals surface area contributed by atoms with Crippen LogP contribution in [0.3, 0.4) is 0 Å². The minimum atomic E-state index is -0.0886. The van der Waals surface area contributed by atoms with Crippen LogP contribution in [0.15, 0.2) is 11.1 Å². The monoisotopic (exact) mass is 283 g/mol. The van der Waals surface area contributed by atoms with Gasteiger partial charge in [-0.1, -0.05) is 45.4 Å². The molecule has 1 atom stereocenters. The molecule has 11 heavy (non-hydrogen) atoms. The van der Waals surface area contributed by atoms with Crippen molar-refractivity contribution in [3.8, 4) is 0 Å². The highest BCUT2D eigenvalue weighted by Crippen LogP contribution is 2.04. The summed E-state index contributed by atoms with van der Waals surface area (Å²) in [5.41, 5.74) is 0. The third kappa shape index (κ3) is 5.44. The molecule has 0 fully saturated rings. The van der Waals surface area contributed by atoms with Gasteiger partial charge in [0.15, 0.2) is 0 Å². The van der Waals surface area contributed by atoms with E-state index in [2.05, 4.69) is 43.8 Å². The predicted octanol–water partition coefficient (Wildman–Crippen LogP) is 2.18. The first-order valence-electron chi connectivity index (χ1n) is 3.33. The van der Waals surface area contributed by atoms with Crippen LogP contribution in [-0.2, 0) is 4.79 Å². The van der Waals surface area contributed by atoms with Gasteiger partial charge < -0.3 is 5.32 Å². The third-order valence-corrected chi connectivity index (χ3v) is 2.44. The summed E-state index contributed by atoms with van der Waals surface area (Å²) >= 11 is 6.38. The summed E-state index contributed by atoms with van der Waals surface area (Å²) in [6.45, 7) is 6.03. The van der Waals surface area contributed by atoms with Crippen LogP contribution in [0, 0.1) is 0 Å². The Kier molecular flexibility index (Phi) is 5.86. The lowest BCUT2D eigenvalue weighted by Gasteiger charge is -2.06. The van der Waals surface area contributed by atoms with E-state index in [1.54, 1.807) is 0 Å². The van der Waals surface area contributed by atoms with Crippen molar-refractivity contribution >= 4 is 37.8 Å². The zero-order chi connectivity index (χ0) is 8.85. The van der Waals surface area contributed by atoms with Gasteiger partial charge in [0, 0.05) is 11.0 Å². The molecular formula is C7H11Br2NO. The van der Waals surface area contributed by atoms with Crippen LogP contribution in [0.1, 0.15) is 13.3 Å². The van der Waals surface area contributed by atoms with Crippen LogP contribution in [-0.4, -0.2) is 17.3 Å². The maximum Gasteiger partial charge on any atom is 0.234 e. The van der Waals surface area contributed by atoms with Crippen molar-refractivity contribution in [2.45, 2.75) is 18.2 Å². The highest BCUT2D eigenvalue weighted by atomic mass is 79.9. The molecule has 0 radical (unpaired) electrons. The third-order valence-electron chi connectivity index (χ3n) is 1.10. The highest BCUT2D eigenvalue weighted by molar-refractivity contribution is 9.11. The van der Waals surface area contributed by atoms with Gasteiger partial charge >= 0.3 is 0 Å². The van der Waals surface area contributed by atoms with E-state index in [9.17, 15) is 4.79 Å². The zero-order valence-corrected chi connectivity index (χ0v) is 9.53. The maximum absolute atomic E-state index is 11.1. The first-order valence-corrected chi connectivity index (χ1v) is 5.03. The standard InChI is InChI=1S/C7H11Br2NO/c1-3-6(9)7(11)10-4-5(2)8/h6H,2-4H2,1H3,(H,10,11). The van der Waals surface area contributed by atoms with Crippen LogP contribution in [0.25, 0.3) is 0 Å². The molecule has 0 aliphatic heterocycles. The second-order valence-electron chi connectivity index (χ2n) is 2.11. The fourth-order valence-electron chi connectivity index (χ4n) is 0.479. The summed E-state index contributed by atoms with van der Waals surface area (Å²) in [4.78, 5) is 11.0. The van der Waals surface area contributed by atoms with Crippen molar-refractivity contribution in [3.63, 3.8) is 0 Å². The Bertz CT molecular complexity index is 159. The minimum Gasteiger partial charge on any atom is -0.351 e.